The monoisotopic (exact) mass is 283 g/mol. The SMILES string of the molecule is NC=C(C=Nc1ccc(F)cc1)c1cccc(CCN)c1. The molecule has 2 aromatic rings. The minimum atomic E-state index is -0.280. The summed E-state index contributed by atoms with van der Waals surface area (Å²) in [4.78, 5) is 4.31. The van der Waals surface area contributed by atoms with E-state index in [2.05, 4.69) is 4.99 Å². The van der Waals surface area contributed by atoms with Crippen LogP contribution in [0.25, 0.3) is 5.57 Å². The molecule has 108 valence electrons. The van der Waals surface area contributed by atoms with Gasteiger partial charge in [-0.15, -0.1) is 0 Å². The van der Waals surface area contributed by atoms with Crippen LogP contribution in [0.5, 0.6) is 0 Å². The number of nitrogens with two attached hydrogens (primary N) is 2. The van der Waals surface area contributed by atoms with Gasteiger partial charge in [0.05, 0.1) is 5.69 Å². The third-order valence-corrected chi connectivity index (χ3v) is 3.05. The summed E-state index contributed by atoms with van der Waals surface area (Å²) in [5.41, 5.74) is 14.9. The lowest BCUT2D eigenvalue weighted by atomic mass is 10.0. The van der Waals surface area contributed by atoms with Crippen LogP contribution in [0.15, 0.2) is 59.7 Å². The highest BCUT2D eigenvalue weighted by Gasteiger charge is 2.00. The van der Waals surface area contributed by atoms with Crippen molar-refractivity contribution < 1.29 is 4.39 Å². The minimum Gasteiger partial charge on any atom is -0.404 e. The predicted molar refractivity (Wildman–Crippen MR) is 85.9 cm³/mol. The number of nitrogens with zero attached hydrogens (tertiary/aromatic N) is 1. The molecule has 0 bridgehead atoms. The van der Waals surface area contributed by atoms with Gasteiger partial charge in [0.1, 0.15) is 5.82 Å². The van der Waals surface area contributed by atoms with Crippen LogP contribution in [0.4, 0.5) is 10.1 Å². The predicted octanol–water partition coefficient (Wildman–Crippen LogP) is 3.03. The van der Waals surface area contributed by atoms with Crippen molar-refractivity contribution in [1.82, 2.24) is 0 Å². The van der Waals surface area contributed by atoms with E-state index < -0.39 is 0 Å². The van der Waals surface area contributed by atoms with Gasteiger partial charge in [0.2, 0.25) is 0 Å². The lowest BCUT2D eigenvalue weighted by Crippen LogP contribution is -2.03. The Bertz CT molecular complexity index is 645. The first-order valence-corrected chi connectivity index (χ1v) is 6.74. The topological polar surface area (TPSA) is 64.4 Å². The van der Waals surface area contributed by atoms with Crippen molar-refractivity contribution in [2.45, 2.75) is 6.42 Å². The zero-order valence-electron chi connectivity index (χ0n) is 11.7. The number of benzene rings is 2. The van der Waals surface area contributed by atoms with Crippen LogP contribution < -0.4 is 11.5 Å². The van der Waals surface area contributed by atoms with Gasteiger partial charge >= 0.3 is 0 Å². The molecule has 0 atom stereocenters. The average molecular weight is 283 g/mol. The van der Waals surface area contributed by atoms with Crippen molar-refractivity contribution in [3.05, 3.63) is 71.7 Å². The van der Waals surface area contributed by atoms with Gasteiger partial charge < -0.3 is 11.5 Å². The second kappa shape index (κ2) is 7.36. The Kier molecular flexibility index (Phi) is 5.23. The summed E-state index contributed by atoms with van der Waals surface area (Å²) in [7, 11) is 0. The maximum Gasteiger partial charge on any atom is 0.123 e. The van der Waals surface area contributed by atoms with Crippen LogP contribution in [-0.4, -0.2) is 12.8 Å². The van der Waals surface area contributed by atoms with Gasteiger partial charge in [-0.1, -0.05) is 24.3 Å². The molecule has 4 N–H and O–H groups in total. The van der Waals surface area contributed by atoms with Gasteiger partial charge in [0.15, 0.2) is 0 Å². The van der Waals surface area contributed by atoms with Gasteiger partial charge in [-0.3, -0.25) is 4.99 Å². The molecular weight excluding hydrogens is 265 g/mol. The van der Waals surface area contributed by atoms with Crippen molar-refractivity contribution in [3.8, 4) is 0 Å². The van der Waals surface area contributed by atoms with Crippen LogP contribution in [0, 0.1) is 5.82 Å². The number of hydrogen-bond donors (Lipinski definition) is 2. The van der Waals surface area contributed by atoms with Crippen LogP contribution >= 0.6 is 0 Å². The molecule has 0 aromatic heterocycles. The van der Waals surface area contributed by atoms with Crippen molar-refractivity contribution >= 4 is 17.5 Å². The van der Waals surface area contributed by atoms with Gasteiger partial charge in [0, 0.05) is 18.0 Å². The lowest BCUT2D eigenvalue weighted by Gasteiger charge is -2.05. The van der Waals surface area contributed by atoms with E-state index in [1.165, 1.54) is 18.3 Å². The lowest BCUT2D eigenvalue weighted by molar-refractivity contribution is 0.628. The standard InChI is InChI=1S/C17H18FN3/c18-16-4-6-17(7-5-16)21-12-15(11-20)14-3-1-2-13(10-14)8-9-19/h1-7,10-12H,8-9,19-20H2. The number of halogens is 1. The third kappa shape index (κ3) is 4.26. The Morgan fingerprint density at radius 3 is 2.57 bits per heavy atom. The van der Waals surface area contributed by atoms with Crippen molar-refractivity contribution in [2.75, 3.05) is 6.54 Å². The zero-order valence-corrected chi connectivity index (χ0v) is 11.7. The van der Waals surface area contributed by atoms with Gasteiger partial charge in [-0.2, -0.15) is 0 Å². The normalized spacial score (nSPS) is 12.0. The highest BCUT2D eigenvalue weighted by molar-refractivity contribution is 6.10. The quantitative estimate of drug-likeness (QED) is 0.828. The molecule has 0 amide bonds. The molecule has 0 radical (unpaired) electrons. The fourth-order valence-electron chi connectivity index (χ4n) is 1.96. The first-order valence-electron chi connectivity index (χ1n) is 6.74. The Morgan fingerprint density at radius 1 is 1.14 bits per heavy atom. The van der Waals surface area contributed by atoms with Crippen LogP contribution in [0.3, 0.4) is 0 Å². The Morgan fingerprint density at radius 2 is 1.90 bits per heavy atom. The number of rotatable bonds is 5. The molecular formula is C17H18FN3. The molecule has 0 aliphatic heterocycles. The molecule has 0 fully saturated rings. The van der Waals surface area contributed by atoms with Crippen LogP contribution in [-0.2, 0) is 6.42 Å². The fourth-order valence-corrected chi connectivity index (χ4v) is 1.96. The van der Waals surface area contributed by atoms with Gasteiger partial charge in [-0.05, 0) is 48.4 Å². The zero-order chi connectivity index (χ0) is 15.1. The average Bonchev–Trinajstić information content (AvgIpc) is 2.50. The molecule has 0 unspecified atom stereocenters. The first kappa shape index (κ1) is 14.9. The van der Waals surface area contributed by atoms with Gasteiger partial charge in [-0.25, -0.2) is 4.39 Å². The molecule has 0 heterocycles. The highest BCUT2D eigenvalue weighted by Crippen LogP contribution is 2.17. The van der Waals surface area contributed by atoms with Crippen molar-refractivity contribution in [3.63, 3.8) is 0 Å². The van der Waals surface area contributed by atoms with E-state index in [9.17, 15) is 4.39 Å². The molecule has 2 rings (SSSR count). The largest absolute Gasteiger partial charge is 0.404 e. The summed E-state index contributed by atoms with van der Waals surface area (Å²) in [5, 5.41) is 0. The smallest absolute Gasteiger partial charge is 0.123 e. The summed E-state index contributed by atoms with van der Waals surface area (Å²) in [6, 6.07) is 14.0. The van der Waals surface area contributed by atoms with E-state index in [4.69, 9.17) is 11.5 Å². The van der Waals surface area contributed by atoms with Crippen molar-refractivity contribution in [2.24, 2.45) is 16.5 Å². The second-order valence-electron chi connectivity index (χ2n) is 4.60. The molecule has 21 heavy (non-hydrogen) atoms. The highest BCUT2D eigenvalue weighted by atomic mass is 19.1. The van der Waals surface area contributed by atoms with E-state index in [0.29, 0.717) is 12.2 Å². The van der Waals surface area contributed by atoms with Gasteiger partial charge in [0.25, 0.3) is 0 Å². The van der Waals surface area contributed by atoms with E-state index >= 15 is 0 Å². The van der Waals surface area contributed by atoms with Crippen LogP contribution in [0.2, 0.25) is 0 Å². The summed E-state index contributed by atoms with van der Waals surface area (Å²) < 4.78 is 12.8. The minimum absolute atomic E-state index is 0.280. The summed E-state index contributed by atoms with van der Waals surface area (Å²) in [6.07, 6.45) is 4.00. The maximum absolute atomic E-state index is 12.8. The summed E-state index contributed by atoms with van der Waals surface area (Å²) in [6.45, 7) is 0.606. The van der Waals surface area contributed by atoms with Crippen molar-refractivity contribution in [1.29, 1.82) is 0 Å². The van der Waals surface area contributed by atoms with E-state index in [1.54, 1.807) is 18.3 Å². The third-order valence-electron chi connectivity index (χ3n) is 3.05. The van der Waals surface area contributed by atoms with E-state index in [0.717, 1.165) is 23.1 Å². The van der Waals surface area contributed by atoms with Crippen LogP contribution in [0.1, 0.15) is 11.1 Å². The number of allylic oxidation sites excluding steroid dienone is 1. The van der Waals surface area contributed by atoms with E-state index in [1.807, 2.05) is 24.3 Å². The fraction of sp³-hybridized carbons (Fsp3) is 0.118. The summed E-state index contributed by atoms with van der Waals surface area (Å²) >= 11 is 0. The molecule has 0 aliphatic rings. The second-order valence-corrected chi connectivity index (χ2v) is 4.60. The molecule has 0 saturated carbocycles. The summed E-state index contributed by atoms with van der Waals surface area (Å²) in [5.74, 6) is -0.280. The maximum atomic E-state index is 12.8. The number of hydrogen-bond acceptors (Lipinski definition) is 3. The Labute approximate surface area is 123 Å². The molecule has 2 aromatic carbocycles. The molecule has 0 saturated heterocycles. The molecule has 0 spiro atoms. The van der Waals surface area contributed by atoms with E-state index in [-0.39, 0.29) is 5.82 Å². The Hall–Kier alpha value is -2.46. The molecule has 3 nitrogen and oxygen atoms in total. The first-order chi connectivity index (χ1) is 10.2. The molecule has 4 heteroatoms. The molecule has 0 aliphatic carbocycles. The Balaban J connectivity index is 2.20. The number of aliphatic imine (C=N–C) groups is 1.